The molecule has 86 valence electrons. The molecule has 0 saturated carbocycles. The maximum atomic E-state index is 11.3. The van der Waals surface area contributed by atoms with E-state index in [0.29, 0.717) is 13.0 Å². The fourth-order valence-electron chi connectivity index (χ4n) is 1.64. The molecule has 0 unspecified atom stereocenters. The monoisotopic (exact) mass is 220 g/mol. The van der Waals surface area contributed by atoms with Gasteiger partial charge in [0.2, 0.25) is 5.91 Å². The molecule has 2 rings (SSSR count). The molecule has 0 radical (unpaired) electrons. The van der Waals surface area contributed by atoms with Crippen molar-refractivity contribution in [3.63, 3.8) is 0 Å². The van der Waals surface area contributed by atoms with Crippen molar-refractivity contribution >= 4 is 11.6 Å². The van der Waals surface area contributed by atoms with Gasteiger partial charge in [-0.3, -0.25) is 4.79 Å². The molecular weight excluding hydrogens is 204 g/mol. The maximum absolute atomic E-state index is 11.3. The van der Waals surface area contributed by atoms with Gasteiger partial charge in [0.15, 0.2) is 0 Å². The minimum atomic E-state index is 0.0300. The van der Waals surface area contributed by atoms with Gasteiger partial charge in [0.1, 0.15) is 12.4 Å². The summed E-state index contributed by atoms with van der Waals surface area (Å²) >= 11 is 0. The number of anilines is 1. The van der Waals surface area contributed by atoms with Crippen LogP contribution in [-0.4, -0.2) is 19.1 Å². The van der Waals surface area contributed by atoms with Crippen molar-refractivity contribution in [1.82, 2.24) is 5.32 Å². The van der Waals surface area contributed by atoms with Gasteiger partial charge in [-0.25, -0.2) is 0 Å². The Morgan fingerprint density at radius 3 is 3.25 bits per heavy atom. The van der Waals surface area contributed by atoms with Gasteiger partial charge in [-0.05, 0) is 18.2 Å². The standard InChI is InChI=1S/C12H16N2O2/c1-2-12(15)14-10-3-4-11-9(7-10)8-13-5-6-16-11/h3-4,7,13H,2,5-6,8H2,1H3,(H,14,15). The van der Waals surface area contributed by atoms with Gasteiger partial charge >= 0.3 is 0 Å². The zero-order valence-corrected chi connectivity index (χ0v) is 9.38. The number of rotatable bonds is 2. The van der Waals surface area contributed by atoms with Crippen molar-refractivity contribution < 1.29 is 9.53 Å². The SMILES string of the molecule is CCC(=O)Nc1ccc2c(c1)CNCCO2. The fourth-order valence-corrected chi connectivity index (χ4v) is 1.64. The molecule has 0 aromatic heterocycles. The van der Waals surface area contributed by atoms with Crippen LogP contribution in [0.4, 0.5) is 5.69 Å². The van der Waals surface area contributed by atoms with Crippen molar-refractivity contribution in [2.75, 3.05) is 18.5 Å². The number of benzene rings is 1. The molecule has 1 aliphatic heterocycles. The summed E-state index contributed by atoms with van der Waals surface area (Å²) in [5.74, 6) is 0.932. The Labute approximate surface area is 95.0 Å². The number of hydrogen-bond acceptors (Lipinski definition) is 3. The first-order chi connectivity index (χ1) is 7.79. The van der Waals surface area contributed by atoms with Gasteiger partial charge in [0.25, 0.3) is 0 Å². The predicted octanol–water partition coefficient (Wildman–Crippen LogP) is 1.52. The van der Waals surface area contributed by atoms with Crippen LogP contribution in [0.3, 0.4) is 0 Å². The summed E-state index contributed by atoms with van der Waals surface area (Å²) < 4.78 is 5.56. The molecule has 0 atom stereocenters. The number of fused-ring (bicyclic) bond motifs is 1. The van der Waals surface area contributed by atoms with Gasteiger partial charge in [0.05, 0.1) is 0 Å². The lowest BCUT2D eigenvalue weighted by Crippen LogP contribution is -2.16. The number of hydrogen-bond donors (Lipinski definition) is 2. The Morgan fingerprint density at radius 2 is 2.44 bits per heavy atom. The fraction of sp³-hybridized carbons (Fsp3) is 0.417. The smallest absolute Gasteiger partial charge is 0.224 e. The van der Waals surface area contributed by atoms with Gasteiger partial charge in [0, 0.05) is 30.8 Å². The van der Waals surface area contributed by atoms with E-state index in [1.165, 1.54) is 0 Å². The summed E-state index contributed by atoms with van der Waals surface area (Å²) in [5.41, 5.74) is 1.92. The number of nitrogens with one attached hydrogen (secondary N) is 2. The van der Waals surface area contributed by atoms with E-state index >= 15 is 0 Å². The van der Waals surface area contributed by atoms with Crippen LogP contribution in [-0.2, 0) is 11.3 Å². The van der Waals surface area contributed by atoms with Crippen molar-refractivity contribution in [3.8, 4) is 5.75 Å². The van der Waals surface area contributed by atoms with E-state index in [9.17, 15) is 4.79 Å². The third-order valence-electron chi connectivity index (χ3n) is 2.52. The summed E-state index contributed by atoms with van der Waals surface area (Å²) in [6.07, 6.45) is 0.492. The maximum Gasteiger partial charge on any atom is 0.224 e. The Hall–Kier alpha value is -1.55. The van der Waals surface area contributed by atoms with E-state index in [2.05, 4.69) is 10.6 Å². The minimum absolute atomic E-state index is 0.0300. The van der Waals surface area contributed by atoms with E-state index in [1.54, 1.807) is 0 Å². The molecule has 0 bridgehead atoms. The van der Waals surface area contributed by atoms with E-state index in [0.717, 1.165) is 30.1 Å². The van der Waals surface area contributed by atoms with Gasteiger partial charge in [-0.2, -0.15) is 0 Å². The van der Waals surface area contributed by atoms with Gasteiger partial charge in [-0.1, -0.05) is 6.92 Å². The van der Waals surface area contributed by atoms with Crippen LogP contribution in [0.15, 0.2) is 18.2 Å². The third-order valence-corrected chi connectivity index (χ3v) is 2.52. The zero-order chi connectivity index (χ0) is 11.4. The van der Waals surface area contributed by atoms with Crippen molar-refractivity contribution in [1.29, 1.82) is 0 Å². The van der Waals surface area contributed by atoms with Crippen LogP contribution < -0.4 is 15.4 Å². The molecule has 0 fully saturated rings. The largest absolute Gasteiger partial charge is 0.492 e. The molecule has 4 nitrogen and oxygen atoms in total. The lowest BCUT2D eigenvalue weighted by atomic mass is 10.1. The molecule has 0 saturated heterocycles. The van der Waals surface area contributed by atoms with Crippen LogP contribution in [0.2, 0.25) is 0 Å². The van der Waals surface area contributed by atoms with Crippen LogP contribution in [0.1, 0.15) is 18.9 Å². The highest BCUT2D eigenvalue weighted by Crippen LogP contribution is 2.24. The topological polar surface area (TPSA) is 50.4 Å². The summed E-state index contributed by atoms with van der Waals surface area (Å²) in [5, 5.41) is 6.10. The minimum Gasteiger partial charge on any atom is -0.492 e. The molecule has 1 heterocycles. The number of ether oxygens (including phenoxy) is 1. The summed E-state index contributed by atoms with van der Waals surface area (Å²) in [6.45, 7) is 4.16. The molecule has 1 aliphatic rings. The Balaban J connectivity index is 2.17. The summed E-state index contributed by atoms with van der Waals surface area (Å²) in [7, 11) is 0. The molecule has 0 aliphatic carbocycles. The van der Waals surface area contributed by atoms with Crippen LogP contribution in [0.25, 0.3) is 0 Å². The molecule has 1 aromatic carbocycles. The molecule has 0 spiro atoms. The Kier molecular flexibility index (Phi) is 3.41. The highest BCUT2D eigenvalue weighted by molar-refractivity contribution is 5.90. The first-order valence-electron chi connectivity index (χ1n) is 5.56. The Morgan fingerprint density at radius 1 is 1.56 bits per heavy atom. The van der Waals surface area contributed by atoms with E-state index in [1.807, 2.05) is 25.1 Å². The lowest BCUT2D eigenvalue weighted by molar-refractivity contribution is -0.115. The second-order valence-electron chi connectivity index (χ2n) is 3.75. The van der Waals surface area contributed by atoms with Crippen LogP contribution >= 0.6 is 0 Å². The van der Waals surface area contributed by atoms with Crippen LogP contribution in [0.5, 0.6) is 5.75 Å². The second kappa shape index (κ2) is 4.99. The van der Waals surface area contributed by atoms with Crippen molar-refractivity contribution in [2.24, 2.45) is 0 Å². The zero-order valence-electron chi connectivity index (χ0n) is 9.38. The lowest BCUT2D eigenvalue weighted by Gasteiger charge is -2.09. The molecular formula is C12H16N2O2. The van der Waals surface area contributed by atoms with E-state index < -0.39 is 0 Å². The molecule has 1 aromatic rings. The van der Waals surface area contributed by atoms with Gasteiger partial charge in [-0.15, -0.1) is 0 Å². The second-order valence-corrected chi connectivity index (χ2v) is 3.75. The molecule has 4 heteroatoms. The normalized spacial score (nSPS) is 14.6. The molecule has 1 amide bonds. The predicted molar refractivity (Wildman–Crippen MR) is 62.6 cm³/mol. The van der Waals surface area contributed by atoms with E-state index in [-0.39, 0.29) is 5.91 Å². The number of amides is 1. The van der Waals surface area contributed by atoms with E-state index in [4.69, 9.17) is 4.74 Å². The highest BCUT2D eigenvalue weighted by atomic mass is 16.5. The first-order valence-corrected chi connectivity index (χ1v) is 5.56. The van der Waals surface area contributed by atoms with Gasteiger partial charge < -0.3 is 15.4 Å². The average molecular weight is 220 g/mol. The quantitative estimate of drug-likeness (QED) is 0.794. The molecule has 2 N–H and O–H groups in total. The summed E-state index contributed by atoms with van der Waals surface area (Å²) in [6, 6.07) is 5.74. The highest BCUT2D eigenvalue weighted by Gasteiger charge is 2.09. The average Bonchev–Trinajstić information content (AvgIpc) is 2.53. The number of carbonyl (C=O) groups is 1. The van der Waals surface area contributed by atoms with Crippen LogP contribution in [0, 0.1) is 0 Å². The number of carbonyl (C=O) groups excluding carboxylic acids is 1. The molecule has 16 heavy (non-hydrogen) atoms. The van der Waals surface area contributed by atoms with Crippen molar-refractivity contribution in [3.05, 3.63) is 23.8 Å². The summed E-state index contributed by atoms with van der Waals surface area (Å²) in [4.78, 5) is 11.3. The van der Waals surface area contributed by atoms with Crippen molar-refractivity contribution in [2.45, 2.75) is 19.9 Å². The first kappa shape index (κ1) is 11.0. The third kappa shape index (κ3) is 2.52. The Bertz CT molecular complexity index is 391.